The van der Waals surface area contributed by atoms with Crippen molar-refractivity contribution in [1.82, 2.24) is 19.2 Å². The average molecular weight is 453 g/mol. The molecule has 3 aromatic rings. The van der Waals surface area contributed by atoms with Gasteiger partial charge in [0.15, 0.2) is 0 Å². The van der Waals surface area contributed by atoms with Crippen LogP contribution < -0.4 is 5.32 Å². The number of aromatic nitrogens is 2. The Morgan fingerprint density at radius 2 is 1.78 bits per heavy atom. The molecule has 7 nitrogen and oxygen atoms in total. The van der Waals surface area contributed by atoms with Gasteiger partial charge >= 0.3 is 0 Å². The lowest BCUT2D eigenvalue weighted by molar-refractivity contribution is 0.0940. The second-order valence-corrected chi connectivity index (χ2v) is 10.1. The third-order valence-corrected chi connectivity index (χ3v) is 7.83. The number of benzene rings is 2. The number of carbonyl (C=O) groups is 1. The van der Waals surface area contributed by atoms with Crippen LogP contribution in [0, 0.1) is 6.92 Å². The van der Waals surface area contributed by atoms with Crippen LogP contribution in [0.15, 0.2) is 65.8 Å². The number of nitrogens with one attached hydrogen (secondary N) is 1. The van der Waals surface area contributed by atoms with Crippen molar-refractivity contribution in [3.8, 4) is 0 Å². The van der Waals surface area contributed by atoms with E-state index in [4.69, 9.17) is 0 Å². The minimum absolute atomic E-state index is 0.156. The molecule has 1 fully saturated rings. The molecule has 1 atom stereocenters. The van der Waals surface area contributed by atoms with Gasteiger partial charge in [-0.05, 0) is 43.0 Å². The quantitative estimate of drug-likeness (QED) is 0.621. The summed E-state index contributed by atoms with van der Waals surface area (Å²) in [4.78, 5) is 17.9. The van der Waals surface area contributed by atoms with Crippen LogP contribution in [0.3, 0.4) is 0 Å². The van der Waals surface area contributed by atoms with Crippen molar-refractivity contribution in [2.24, 2.45) is 7.05 Å². The fourth-order valence-electron chi connectivity index (χ4n) is 4.07. The van der Waals surface area contributed by atoms with Gasteiger partial charge in [-0.15, -0.1) is 0 Å². The molecule has 1 aromatic heterocycles. The van der Waals surface area contributed by atoms with E-state index in [2.05, 4.69) is 10.3 Å². The van der Waals surface area contributed by atoms with Gasteiger partial charge in [0.2, 0.25) is 10.0 Å². The lowest BCUT2D eigenvalue weighted by atomic mass is 10.0. The molecular weight excluding hydrogens is 424 g/mol. The molecule has 0 unspecified atom stereocenters. The molecule has 0 radical (unpaired) electrons. The predicted octanol–water partition coefficient (Wildman–Crippen LogP) is 3.42. The molecule has 2 aromatic carbocycles. The largest absolute Gasteiger partial charge is 0.338 e. The van der Waals surface area contributed by atoms with Gasteiger partial charge in [-0.25, -0.2) is 13.4 Å². The Bertz CT molecular complexity index is 1200. The number of rotatable bonds is 6. The van der Waals surface area contributed by atoms with Crippen LogP contribution in [0.5, 0.6) is 0 Å². The Hall–Kier alpha value is -2.97. The first-order valence-electron chi connectivity index (χ1n) is 10.8. The molecular formula is C24H28N4O3S. The summed E-state index contributed by atoms with van der Waals surface area (Å²) in [7, 11) is -1.75. The predicted molar refractivity (Wildman–Crippen MR) is 123 cm³/mol. The van der Waals surface area contributed by atoms with E-state index in [1.54, 1.807) is 18.3 Å². The molecule has 0 saturated carbocycles. The molecule has 32 heavy (non-hydrogen) atoms. The maximum atomic E-state index is 13.4. The van der Waals surface area contributed by atoms with Crippen LogP contribution in [-0.4, -0.2) is 41.3 Å². The van der Waals surface area contributed by atoms with Crippen molar-refractivity contribution < 1.29 is 13.2 Å². The Balaban J connectivity index is 1.66. The standard InChI is InChI=1S/C24H28N4O3S/c1-18-11-12-20(32(30,31)28-14-7-4-8-15-28)17-21(18)24(29)26-22(19-9-5-3-6-10-19)23-25-13-16-27(23)2/h3,5-6,9-13,16-17,22H,4,7-8,14-15H2,1-2H3,(H,26,29)/t22-/m1/s1. The summed E-state index contributed by atoms with van der Waals surface area (Å²) in [6.07, 6.45) is 6.28. The van der Waals surface area contributed by atoms with Crippen LogP contribution in [0.1, 0.15) is 52.6 Å². The highest BCUT2D eigenvalue weighted by molar-refractivity contribution is 7.89. The zero-order chi connectivity index (χ0) is 22.7. The number of hydrogen-bond acceptors (Lipinski definition) is 4. The van der Waals surface area contributed by atoms with Gasteiger partial charge in [0, 0.05) is 38.1 Å². The topological polar surface area (TPSA) is 84.3 Å². The van der Waals surface area contributed by atoms with Crippen molar-refractivity contribution in [1.29, 1.82) is 0 Å². The van der Waals surface area contributed by atoms with Crippen LogP contribution in [-0.2, 0) is 17.1 Å². The smallest absolute Gasteiger partial charge is 0.252 e. The summed E-state index contributed by atoms with van der Waals surface area (Å²) in [6.45, 7) is 2.85. The number of amides is 1. The number of carbonyl (C=O) groups excluding carboxylic acids is 1. The molecule has 2 heterocycles. The Morgan fingerprint density at radius 1 is 1.06 bits per heavy atom. The zero-order valence-electron chi connectivity index (χ0n) is 18.4. The van der Waals surface area contributed by atoms with E-state index in [-0.39, 0.29) is 10.8 Å². The van der Waals surface area contributed by atoms with Gasteiger partial charge in [0.05, 0.1) is 4.90 Å². The molecule has 1 saturated heterocycles. The number of hydrogen-bond donors (Lipinski definition) is 1. The van der Waals surface area contributed by atoms with E-state index in [0.717, 1.165) is 24.8 Å². The SMILES string of the molecule is Cc1ccc(S(=O)(=O)N2CCCCC2)cc1C(=O)N[C@H](c1ccccc1)c1nccn1C. The maximum absolute atomic E-state index is 13.4. The third-order valence-electron chi connectivity index (χ3n) is 5.93. The first-order chi connectivity index (χ1) is 15.4. The second kappa shape index (κ2) is 9.26. The van der Waals surface area contributed by atoms with E-state index >= 15 is 0 Å². The molecule has 0 bridgehead atoms. The molecule has 1 aliphatic rings. The number of imidazole rings is 1. The van der Waals surface area contributed by atoms with Gasteiger partial charge < -0.3 is 9.88 Å². The second-order valence-electron chi connectivity index (χ2n) is 8.15. The Morgan fingerprint density at radius 3 is 2.44 bits per heavy atom. The van der Waals surface area contributed by atoms with Gasteiger partial charge in [-0.2, -0.15) is 4.31 Å². The molecule has 168 valence electrons. The van der Waals surface area contributed by atoms with Crippen LogP contribution in [0.2, 0.25) is 0 Å². The summed E-state index contributed by atoms with van der Waals surface area (Å²) in [5, 5.41) is 3.06. The minimum atomic E-state index is -3.63. The van der Waals surface area contributed by atoms with Crippen molar-refractivity contribution in [2.75, 3.05) is 13.1 Å². The monoisotopic (exact) mass is 452 g/mol. The Kier molecular flexibility index (Phi) is 6.43. The van der Waals surface area contributed by atoms with E-state index in [1.165, 1.54) is 10.4 Å². The van der Waals surface area contributed by atoms with Crippen molar-refractivity contribution >= 4 is 15.9 Å². The number of piperidine rings is 1. The summed E-state index contributed by atoms with van der Waals surface area (Å²) in [5.74, 6) is 0.356. The molecule has 1 aliphatic heterocycles. The first kappa shape index (κ1) is 22.2. The zero-order valence-corrected chi connectivity index (χ0v) is 19.2. The summed E-state index contributed by atoms with van der Waals surface area (Å²) in [6, 6.07) is 13.9. The fourth-order valence-corrected chi connectivity index (χ4v) is 5.61. The summed E-state index contributed by atoms with van der Waals surface area (Å²) < 4.78 is 29.6. The van der Waals surface area contributed by atoms with E-state index in [1.807, 2.05) is 55.1 Å². The number of sulfonamides is 1. The molecule has 0 spiro atoms. The van der Waals surface area contributed by atoms with E-state index in [0.29, 0.717) is 30.0 Å². The Labute approximate surface area is 189 Å². The number of nitrogens with zero attached hydrogens (tertiary/aromatic N) is 3. The van der Waals surface area contributed by atoms with Crippen LogP contribution in [0.25, 0.3) is 0 Å². The molecule has 1 N–H and O–H groups in total. The van der Waals surface area contributed by atoms with Crippen LogP contribution >= 0.6 is 0 Å². The summed E-state index contributed by atoms with van der Waals surface area (Å²) in [5.41, 5.74) is 1.95. The molecule has 0 aliphatic carbocycles. The highest BCUT2D eigenvalue weighted by Gasteiger charge is 2.28. The highest BCUT2D eigenvalue weighted by Crippen LogP contribution is 2.25. The lowest BCUT2D eigenvalue weighted by Crippen LogP contribution is -2.36. The number of aryl methyl sites for hydroxylation is 2. The van der Waals surface area contributed by atoms with Crippen molar-refractivity contribution in [3.05, 3.63) is 83.4 Å². The van der Waals surface area contributed by atoms with Crippen molar-refractivity contribution in [3.63, 3.8) is 0 Å². The molecule has 8 heteroatoms. The van der Waals surface area contributed by atoms with Crippen molar-refractivity contribution in [2.45, 2.75) is 37.1 Å². The summed E-state index contributed by atoms with van der Waals surface area (Å²) >= 11 is 0. The molecule has 1 amide bonds. The highest BCUT2D eigenvalue weighted by atomic mass is 32.2. The minimum Gasteiger partial charge on any atom is -0.338 e. The average Bonchev–Trinajstić information content (AvgIpc) is 3.24. The third kappa shape index (κ3) is 4.47. The van der Waals surface area contributed by atoms with Gasteiger partial charge in [-0.1, -0.05) is 42.8 Å². The molecule has 4 rings (SSSR count). The van der Waals surface area contributed by atoms with Gasteiger partial charge in [-0.3, -0.25) is 4.79 Å². The normalized spacial score (nSPS) is 15.9. The first-order valence-corrected chi connectivity index (χ1v) is 12.3. The lowest BCUT2D eigenvalue weighted by Gasteiger charge is -2.26. The van der Waals surface area contributed by atoms with E-state index in [9.17, 15) is 13.2 Å². The fraction of sp³-hybridized carbons (Fsp3) is 0.333. The van der Waals surface area contributed by atoms with E-state index < -0.39 is 16.1 Å². The maximum Gasteiger partial charge on any atom is 0.252 e. The van der Waals surface area contributed by atoms with Gasteiger partial charge in [0.1, 0.15) is 11.9 Å². The van der Waals surface area contributed by atoms with Gasteiger partial charge in [0.25, 0.3) is 5.91 Å². The van der Waals surface area contributed by atoms with Crippen LogP contribution in [0.4, 0.5) is 0 Å².